The van der Waals surface area contributed by atoms with Crippen LogP contribution in [0.25, 0.3) is 16.7 Å². The minimum absolute atomic E-state index is 0.0840. The van der Waals surface area contributed by atoms with Crippen LogP contribution in [0.2, 0.25) is 5.02 Å². The van der Waals surface area contributed by atoms with Crippen LogP contribution in [0.5, 0.6) is 0 Å². The molecule has 0 aliphatic carbocycles. The van der Waals surface area contributed by atoms with E-state index < -0.39 is 11.6 Å². The molecule has 2 aromatic heterocycles. The predicted molar refractivity (Wildman–Crippen MR) is 134 cm³/mol. The Kier molecular flexibility index (Phi) is 6.74. The normalized spacial score (nSPS) is 11.3. The quantitative estimate of drug-likeness (QED) is 0.407. The molecular formula is C24H25ClN6O4. The number of aromatic nitrogens is 4. The van der Waals surface area contributed by atoms with Gasteiger partial charge in [0.1, 0.15) is 6.54 Å². The van der Waals surface area contributed by atoms with E-state index in [9.17, 15) is 19.2 Å². The first kappa shape index (κ1) is 24.2. The summed E-state index contributed by atoms with van der Waals surface area (Å²) in [6.07, 6.45) is 0.631. The highest BCUT2D eigenvalue weighted by molar-refractivity contribution is 6.30. The molecule has 35 heavy (non-hydrogen) atoms. The Morgan fingerprint density at radius 2 is 1.89 bits per heavy atom. The smallest absolute Gasteiger partial charge is 0.350 e. The van der Waals surface area contributed by atoms with Crippen LogP contribution in [-0.2, 0) is 17.9 Å². The highest BCUT2D eigenvalue weighted by Crippen LogP contribution is 2.16. The largest absolute Gasteiger partial charge is 0.352 e. The molecule has 0 fully saturated rings. The number of halogens is 1. The second-order valence-electron chi connectivity index (χ2n) is 8.45. The van der Waals surface area contributed by atoms with Crippen LogP contribution < -0.4 is 21.9 Å². The summed E-state index contributed by atoms with van der Waals surface area (Å²) in [7, 11) is 0. The molecule has 10 nitrogen and oxygen atoms in total. The number of carbonyl (C=O) groups is 2. The SMILES string of the molecule is CCCn1c(=O)c2ccc(C(=O)NC(C)C)cc2n2c(=O)n(CC(=O)Nc3cccc(Cl)c3)nc12. The first-order valence-corrected chi connectivity index (χ1v) is 11.6. The molecule has 11 heteroatoms. The van der Waals surface area contributed by atoms with E-state index in [4.69, 9.17) is 11.6 Å². The molecule has 2 amide bonds. The van der Waals surface area contributed by atoms with Gasteiger partial charge in [0.2, 0.25) is 11.7 Å². The number of hydrogen-bond acceptors (Lipinski definition) is 5. The summed E-state index contributed by atoms with van der Waals surface area (Å²) in [5, 5.41) is 10.5. The fraction of sp³-hybridized carbons (Fsp3) is 0.292. The van der Waals surface area contributed by atoms with Crippen molar-refractivity contribution >= 4 is 45.8 Å². The number of carbonyl (C=O) groups excluding carboxylic acids is 2. The number of nitrogens with one attached hydrogen (secondary N) is 2. The molecule has 2 aromatic carbocycles. The van der Waals surface area contributed by atoms with Crippen LogP contribution in [0.15, 0.2) is 52.1 Å². The lowest BCUT2D eigenvalue weighted by Crippen LogP contribution is -2.31. The van der Waals surface area contributed by atoms with Gasteiger partial charge in [-0.05, 0) is 56.7 Å². The molecule has 2 N–H and O–H groups in total. The number of aryl methyl sites for hydroxylation is 1. The van der Waals surface area contributed by atoms with Crippen LogP contribution in [0, 0.1) is 0 Å². The third-order valence-electron chi connectivity index (χ3n) is 5.31. The number of anilines is 1. The lowest BCUT2D eigenvalue weighted by atomic mass is 10.1. The van der Waals surface area contributed by atoms with Crippen LogP contribution in [0.3, 0.4) is 0 Å². The van der Waals surface area contributed by atoms with Gasteiger partial charge in [-0.1, -0.05) is 24.6 Å². The summed E-state index contributed by atoms with van der Waals surface area (Å²) in [6, 6.07) is 11.1. The average molecular weight is 497 g/mol. The Morgan fingerprint density at radius 1 is 1.11 bits per heavy atom. The average Bonchev–Trinajstić information content (AvgIpc) is 3.11. The van der Waals surface area contributed by atoms with Crippen molar-refractivity contribution in [2.45, 2.75) is 46.3 Å². The van der Waals surface area contributed by atoms with Gasteiger partial charge in [-0.15, -0.1) is 5.10 Å². The van der Waals surface area contributed by atoms with Crippen molar-refractivity contribution in [3.05, 3.63) is 73.9 Å². The molecule has 0 unspecified atom stereocenters. The number of benzene rings is 2. The van der Waals surface area contributed by atoms with Crippen molar-refractivity contribution in [2.24, 2.45) is 0 Å². The minimum atomic E-state index is -0.600. The molecule has 4 rings (SSSR count). The Hall–Kier alpha value is -3.92. The number of fused-ring (bicyclic) bond motifs is 3. The molecule has 0 bridgehead atoms. The van der Waals surface area contributed by atoms with E-state index >= 15 is 0 Å². The van der Waals surface area contributed by atoms with Gasteiger partial charge in [0.15, 0.2) is 0 Å². The van der Waals surface area contributed by atoms with Crippen molar-refractivity contribution in [1.29, 1.82) is 0 Å². The van der Waals surface area contributed by atoms with Gasteiger partial charge in [-0.2, -0.15) is 0 Å². The third-order valence-corrected chi connectivity index (χ3v) is 5.54. The van der Waals surface area contributed by atoms with E-state index in [-0.39, 0.29) is 40.7 Å². The second kappa shape index (κ2) is 9.75. The van der Waals surface area contributed by atoms with Gasteiger partial charge in [0.05, 0.1) is 10.9 Å². The van der Waals surface area contributed by atoms with Crippen molar-refractivity contribution in [1.82, 2.24) is 24.1 Å². The summed E-state index contributed by atoms with van der Waals surface area (Å²) in [5.41, 5.74) is 0.107. The predicted octanol–water partition coefficient (Wildman–Crippen LogP) is 2.65. The van der Waals surface area contributed by atoms with E-state index in [0.29, 0.717) is 29.2 Å². The van der Waals surface area contributed by atoms with E-state index in [1.807, 2.05) is 20.8 Å². The summed E-state index contributed by atoms with van der Waals surface area (Å²) in [5.74, 6) is -0.705. The first-order valence-electron chi connectivity index (χ1n) is 11.2. The summed E-state index contributed by atoms with van der Waals surface area (Å²) in [6.45, 7) is 5.54. The van der Waals surface area contributed by atoms with Crippen LogP contribution in [0.1, 0.15) is 37.6 Å². The van der Waals surface area contributed by atoms with Crippen LogP contribution in [-0.4, -0.2) is 36.6 Å². The van der Waals surface area contributed by atoms with Gasteiger partial charge < -0.3 is 10.6 Å². The Morgan fingerprint density at radius 3 is 2.57 bits per heavy atom. The number of hydrogen-bond donors (Lipinski definition) is 2. The molecule has 0 atom stereocenters. The molecule has 0 spiro atoms. The zero-order valence-corrected chi connectivity index (χ0v) is 20.3. The van der Waals surface area contributed by atoms with Crippen molar-refractivity contribution in [3.63, 3.8) is 0 Å². The fourth-order valence-electron chi connectivity index (χ4n) is 3.83. The molecule has 0 aliphatic heterocycles. The van der Waals surface area contributed by atoms with Crippen molar-refractivity contribution in [2.75, 3.05) is 5.32 Å². The van der Waals surface area contributed by atoms with Gasteiger partial charge in [0, 0.05) is 28.9 Å². The molecule has 0 saturated carbocycles. The molecular weight excluding hydrogens is 472 g/mol. The monoisotopic (exact) mass is 496 g/mol. The van der Waals surface area contributed by atoms with Gasteiger partial charge in [-0.3, -0.25) is 19.0 Å². The van der Waals surface area contributed by atoms with Gasteiger partial charge in [0.25, 0.3) is 11.5 Å². The number of rotatable bonds is 7. The molecule has 2 heterocycles. The van der Waals surface area contributed by atoms with E-state index in [2.05, 4.69) is 15.7 Å². The highest BCUT2D eigenvalue weighted by atomic mass is 35.5. The van der Waals surface area contributed by atoms with Gasteiger partial charge >= 0.3 is 5.69 Å². The Bertz CT molecular complexity index is 1570. The molecule has 0 aliphatic rings. The first-order chi connectivity index (χ1) is 16.7. The number of amides is 2. The van der Waals surface area contributed by atoms with Crippen molar-refractivity contribution < 1.29 is 9.59 Å². The van der Waals surface area contributed by atoms with E-state index in [1.54, 1.807) is 30.3 Å². The summed E-state index contributed by atoms with van der Waals surface area (Å²) >= 11 is 5.96. The maximum atomic E-state index is 13.4. The molecule has 4 aromatic rings. The zero-order chi connectivity index (χ0) is 25.3. The lowest BCUT2D eigenvalue weighted by molar-refractivity contribution is -0.117. The van der Waals surface area contributed by atoms with E-state index in [1.165, 1.54) is 21.1 Å². The maximum absolute atomic E-state index is 13.4. The third kappa shape index (κ3) is 4.83. The molecule has 0 radical (unpaired) electrons. The zero-order valence-electron chi connectivity index (χ0n) is 19.5. The minimum Gasteiger partial charge on any atom is -0.350 e. The van der Waals surface area contributed by atoms with Gasteiger partial charge in [-0.25, -0.2) is 13.9 Å². The van der Waals surface area contributed by atoms with E-state index in [0.717, 1.165) is 4.68 Å². The topological polar surface area (TPSA) is 120 Å². The van der Waals surface area contributed by atoms with Crippen LogP contribution >= 0.6 is 11.6 Å². The second-order valence-corrected chi connectivity index (χ2v) is 8.89. The maximum Gasteiger partial charge on any atom is 0.352 e. The Labute approximate surface area is 205 Å². The molecule has 182 valence electrons. The van der Waals surface area contributed by atoms with Crippen LogP contribution in [0.4, 0.5) is 5.69 Å². The Balaban J connectivity index is 1.84. The summed E-state index contributed by atoms with van der Waals surface area (Å²) < 4.78 is 3.68. The fourth-order valence-corrected chi connectivity index (χ4v) is 4.02. The number of nitrogens with zero attached hydrogens (tertiary/aromatic N) is 4. The highest BCUT2D eigenvalue weighted by Gasteiger charge is 2.20. The summed E-state index contributed by atoms with van der Waals surface area (Å²) in [4.78, 5) is 51.8. The lowest BCUT2D eigenvalue weighted by Gasteiger charge is -2.11. The standard InChI is InChI=1S/C24H25ClN6O4/c1-4-10-29-22(34)18-9-8-15(21(33)26-14(2)3)11-19(18)31-23(29)28-30(24(31)35)13-20(32)27-17-7-5-6-16(25)12-17/h5-9,11-12,14H,4,10,13H2,1-3H3,(H,26,33)(H,27,32). The molecule has 0 saturated heterocycles. The van der Waals surface area contributed by atoms with Crippen molar-refractivity contribution in [3.8, 4) is 0 Å².